The number of carbonyl (C=O) groups is 2. The normalized spacial score (nSPS) is 13.8. The molecule has 1 aliphatic rings. The molecule has 48 heavy (non-hydrogen) atoms. The molecular formula is C37H40ClN3O6S. The molecule has 4 aromatic rings. The first-order valence-corrected chi connectivity index (χ1v) is 17.7. The van der Waals surface area contributed by atoms with Crippen LogP contribution in [0, 0.1) is 0 Å². The Morgan fingerprint density at radius 1 is 0.854 bits per heavy atom. The summed E-state index contributed by atoms with van der Waals surface area (Å²) in [5.41, 5.74) is 1.67. The van der Waals surface area contributed by atoms with Gasteiger partial charge in [0.15, 0.2) is 0 Å². The average Bonchev–Trinajstić information content (AvgIpc) is 3.62. The van der Waals surface area contributed by atoms with E-state index in [9.17, 15) is 18.0 Å². The highest BCUT2D eigenvalue weighted by Gasteiger charge is 2.36. The number of nitrogens with one attached hydrogen (secondary N) is 1. The van der Waals surface area contributed by atoms with Crippen LogP contribution in [0.1, 0.15) is 36.8 Å². The van der Waals surface area contributed by atoms with Crippen molar-refractivity contribution in [1.82, 2.24) is 10.2 Å². The van der Waals surface area contributed by atoms with Crippen molar-refractivity contribution in [3.8, 4) is 11.5 Å². The van der Waals surface area contributed by atoms with Gasteiger partial charge in [0, 0.05) is 24.0 Å². The van der Waals surface area contributed by atoms with Gasteiger partial charge >= 0.3 is 0 Å². The first kappa shape index (κ1) is 34.8. The molecule has 0 aromatic heterocycles. The third-order valence-electron chi connectivity index (χ3n) is 8.48. The lowest BCUT2D eigenvalue weighted by Gasteiger charge is -2.34. The van der Waals surface area contributed by atoms with E-state index in [0.717, 1.165) is 35.6 Å². The fraction of sp³-hybridized carbons (Fsp3) is 0.297. The molecule has 2 amide bonds. The molecule has 0 aliphatic heterocycles. The zero-order valence-electron chi connectivity index (χ0n) is 27.0. The van der Waals surface area contributed by atoms with Gasteiger partial charge in [0.05, 0.1) is 24.8 Å². The van der Waals surface area contributed by atoms with E-state index in [0.29, 0.717) is 11.3 Å². The Morgan fingerprint density at radius 3 is 2.19 bits per heavy atom. The van der Waals surface area contributed by atoms with Crippen LogP contribution in [0.4, 0.5) is 5.69 Å². The minimum atomic E-state index is -4.31. The molecule has 9 nitrogen and oxygen atoms in total. The van der Waals surface area contributed by atoms with Gasteiger partial charge in [-0.1, -0.05) is 85.1 Å². The maximum absolute atomic E-state index is 14.8. The Morgan fingerprint density at radius 2 is 1.52 bits per heavy atom. The lowest BCUT2D eigenvalue weighted by Crippen LogP contribution is -2.54. The second-order valence-electron chi connectivity index (χ2n) is 11.7. The minimum Gasteiger partial charge on any atom is -0.497 e. The molecule has 1 aliphatic carbocycles. The number of methoxy groups -OCH3 is 2. The Labute approximate surface area is 287 Å². The van der Waals surface area contributed by atoms with E-state index in [1.165, 1.54) is 30.2 Å². The second kappa shape index (κ2) is 16.0. The lowest BCUT2D eigenvalue weighted by atomic mass is 10.0. The van der Waals surface area contributed by atoms with Crippen LogP contribution in [0.25, 0.3) is 0 Å². The van der Waals surface area contributed by atoms with Crippen LogP contribution >= 0.6 is 11.6 Å². The van der Waals surface area contributed by atoms with Gasteiger partial charge in [0.25, 0.3) is 10.0 Å². The van der Waals surface area contributed by atoms with Gasteiger partial charge in [0.1, 0.15) is 24.1 Å². The summed E-state index contributed by atoms with van der Waals surface area (Å²) in [5.74, 6) is -0.0700. The van der Waals surface area contributed by atoms with Gasteiger partial charge in [-0.05, 0) is 66.4 Å². The van der Waals surface area contributed by atoms with Crippen LogP contribution in [-0.2, 0) is 32.6 Å². The Kier molecular flexibility index (Phi) is 11.6. The number of hydrogen-bond donors (Lipinski definition) is 1. The lowest BCUT2D eigenvalue weighted by molar-refractivity contribution is -0.140. The highest BCUT2D eigenvalue weighted by Crippen LogP contribution is 2.35. The summed E-state index contributed by atoms with van der Waals surface area (Å²) in [7, 11) is -1.34. The van der Waals surface area contributed by atoms with E-state index >= 15 is 0 Å². The predicted molar refractivity (Wildman–Crippen MR) is 187 cm³/mol. The van der Waals surface area contributed by atoms with Crippen molar-refractivity contribution < 1.29 is 27.5 Å². The summed E-state index contributed by atoms with van der Waals surface area (Å²) < 4.78 is 40.6. The third-order valence-corrected chi connectivity index (χ3v) is 10.5. The Balaban J connectivity index is 1.61. The molecule has 1 N–H and O–H groups in total. The van der Waals surface area contributed by atoms with E-state index in [-0.39, 0.29) is 46.3 Å². The minimum absolute atomic E-state index is 0.00947. The highest BCUT2D eigenvalue weighted by molar-refractivity contribution is 7.92. The van der Waals surface area contributed by atoms with Crippen molar-refractivity contribution in [2.45, 2.75) is 55.6 Å². The van der Waals surface area contributed by atoms with Gasteiger partial charge in [-0.2, -0.15) is 0 Å². The summed E-state index contributed by atoms with van der Waals surface area (Å²) in [4.78, 5) is 30.4. The molecule has 4 aromatic carbocycles. The number of nitrogens with zero attached hydrogens (tertiary/aromatic N) is 2. The van der Waals surface area contributed by atoms with Crippen molar-refractivity contribution >= 4 is 39.1 Å². The summed E-state index contributed by atoms with van der Waals surface area (Å²) in [6, 6.07) is 28.2. The number of ether oxygens (including phenoxy) is 2. The Bertz CT molecular complexity index is 1800. The van der Waals surface area contributed by atoms with Gasteiger partial charge in [-0.25, -0.2) is 8.42 Å². The maximum atomic E-state index is 14.8. The van der Waals surface area contributed by atoms with E-state index in [1.54, 1.807) is 49.6 Å². The summed E-state index contributed by atoms with van der Waals surface area (Å²) >= 11 is 6.38. The van der Waals surface area contributed by atoms with Gasteiger partial charge in [-0.15, -0.1) is 0 Å². The number of rotatable bonds is 14. The third kappa shape index (κ3) is 8.48. The fourth-order valence-corrected chi connectivity index (χ4v) is 7.58. The van der Waals surface area contributed by atoms with Crippen LogP contribution in [0.3, 0.4) is 0 Å². The highest BCUT2D eigenvalue weighted by atomic mass is 35.5. The molecule has 1 atom stereocenters. The smallest absolute Gasteiger partial charge is 0.264 e. The van der Waals surface area contributed by atoms with Gasteiger partial charge in [-0.3, -0.25) is 13.9 Å². The molecule has 0 radical (unpaired) electrons. The number of carbonyl (C=O) groups excluding carboxylic acids is 2. The summed E-state index contributed by atoms with van der Waals surface area (Å²) in [5, 5.41) is 3.44. The summed E-state index contributed by atoms with van der Waals surface area (Å²) in [6.07, 6.45) is 4.00. The predicted octanol–water partition coefficient (Wildman–Crippen LogP) is 6.25. The number of halogens is 1. The number of amides is 2. The van der Waals surface area contributed by atoms with E-state index in [1.807, 2.05) is 42.5 Å². The van der Waals surface area contributed by atoms with Gasteiger partial charge in [0.2, 0.25) is 11.8 Å². The van der Waals surface area contributed by atoms with E-state index in [4.69, 9.17) is 21.1 Å². The topological polar surface area (TPSA) is 105 Å². The zero-order valence-corrected chi connectivity index (χ0v) is 28.6. The largest absolute Gasteiger partial charge is 0.497 e. The average molecular weight is 690 g/mol. The number of hydrogen-bond acceptors (Lipinski definition) is 6. The van der Waals surface area contributed by atoms with E-state index < -0.39 is 28.5 Å². The van der Waals surface area contributed by atoms with Crippen LogP contribution in [0.15, 0.2) is 108 Å². The Hall–Kier alpha value is -4.54. The van der Waals surface area contributed by atoms with Crippen LogP contribution in [-0.4, -0.2) is 58.0 Å². The molecule has 0 bridgehead atoms. The number of anilines is 1. The van der Waals surface area contributed by atoms with Crippen LogP contribution in [0.2, 0.25) is 5.02 Å². The molecule has 1 saturated carbocycles. The van der Waals surface area contributed by atoms with Crippen molar-refractivity contribution in [3.63, 3.8) is 0 Å². The molecule has 0 saturated heterocycles. The molecule has 5 rings (SSSR count). The molecule has 1 fully saturated rings. The van der Waals surface area contributed by atoms with E-state index in [2.05, 4.69) is 5.32 Å². The first-order chi connectivity index (χ1) is 23.2. The summed E-state index contributed by atoms with van der Waals surface area (Å²) in [6.45, 7) is -0.600. The van der Waals surface area contributed by atoms with Crippen molar-refractivity contribution in [2.75, 3.05) is 25.1 Å². The molecule has 0 heterocycles. The SMILES string of the molecule is COc1cccc(CN(C(=O)CN(c2cc(Cl)ccc2OC)S(=O)(=O)c2ccccc2)C(Cc2ccccc2)C(=O)NC2CCCC2)c1. The maximum Gasteiger partial charge on any atom is 0.264 e. The molecule has 252 valence electrons. The molecule has 11 heteroatoms. The quantitative estimate of drug-likeness (QED) is 0.168. The van der Waals surface area contributed by atoms with Gasteiger partial charge < -0.3 is 19.7 Å². The van der Waals surface area contributed by atoms with Crippen molar-refractivity contribution in [2.24, 2.45) is 0 Å². The monoisotopic (exact) mass is 689 g/mol. The number of sulfonamides is 1. The van der Waals surface area contributed by atoms with Crippen molar-refractivity contribution in [3.05, 3.63) is 119 Å². The fourth-order valence-electron chi connectivity index (χ4n) is 5.98. The molecular weight excluding hydrogens is 650 g/mol. The number of benzene rings is 4. The van der Waals surface area contributed by atoms with Crippen LogP contribution in [0.5, 0.6) is 11.5 Å². The van der Waals surface area contributed by atoms with Crippen molar-refractivity contribution in [1.29, 1.82) is 0 Å². The molecule has 0 spiro atoms. The molecule has 1 unspecified atom stereocenters. The standard InChI is InChI=1S/C37H40ClN3O6S/c1-46-31-17-11-14-28(22-31)25-40(34(23-27-12-5-3-6-13-27)37(43)39-30-15-9-10-16-30)36(42)26-41(33-24-29(38)20-21-35(33)47-2)48(44,45)32-18-7-4-8-19-32/h3-8,11-14,17-22,24,30,34H,9-10,15-16,23,25-26H2,1-2H3,(H,39,43). The second-order valence-corrected chi connectivity index (χ2v) is 14.0. The zero-order chi connectivity index (χ0) is 34.1. The first-order valence-electron chi connectivity index (χ1n) is 15.9. The van der Waals surface area contributed by atoms with Crippen LogP contribution < -0.4 is 19.1 Å².